The second-order valence-corrected chi connectivity index (χ2v) is 7.49. The van der Waals surface area contributed by atoms with Crippen molar-refractivity contribution in [2.75, 3.05) is 13.2 Å². The maximum absolute atomic E-state index is 12.2. The first-order valence-corrected chi connectivity index (χ1v) is 9.61. The number of aryl methyl sites for hydroxylation is 1. The number of carbonyl (C=O) groups excluding carboxylic acids is 1. The highest BCUT2D eigenvalue weighted by Crippen LogP contribution is 2.33. The number of amides is 2. The summed E-state index contributed by atoms with van der Waals surface area (Å²) in [6.07, 6.45) is 2.13. The van der Waals surface area contributed by atoms with Gasteiger partial charge in [-0.05, 0) is 24.6 Å². The zero-order valence-corrected chi connectivity index (χ0v) is 16.5. The lowest BCUT2D eigenvalue weighted by Gasteiger charge is -2.27. The number of halogens is 1. The molecule has 8 heteroatoms. The van der Waals surface area contributed by atoms with Crippen molar-refractivity contribution in [1.82, 2.24) is 20.8 Å². The molecule has 0 bridgehead atoms. The highest BCUT2D eigenvalue weighted by atomic mass is 79.9. The number of hydrogen-bond donors (Lipinski definition) is 2. The van der Waals surface area contributed by atoms with Gasteiger partial charge in [-0.3, -0.25) is 0 Å². The largest absolute Gasteiger partial charge is 0.493 e. The molecule has 1 atom stereocenters. The number of urea groups is 1. The van der Waals surface area contributed by atoms with Gasteiger partial charge in [-0.15, -0.1) is 0 Å². The van der Waals surface area contributed by atoms with Gasteiger partial charge in [-0.25, -0.2) is 4.79 Å². The third-order valence-corrected chi connectivity index (χ3v) is 4.66. The van der Waals surface area contributed by atoms with Gasteiger partial charge in [0, 0.05) is 35.3 Å². The lowest BCUT2D eigenvalue weighted by molar-refractivity contribution is 0.223. The van der Waals surface area contributed by atoms with Crippen LogP contribution in [0.5, 0.6) is 5.75 Å². The van der Waals surface area contributed by atoms with Gasteiger partial charge in [-0.1, -0.05) is 34.9 Å². The lowest BCUT2D eigenvalue weighted by atomic mass is 10.0. The molecule has 2 amide bonds. The molecule has 2 aromatic rings. The van der Waals surface area contributed by atoms with Crippen LogP contribution in [0.2, 0.25) is 0 Å². The molecular weight excluding hydrogens is 400 g/mol. The molecule has 2 N–H and O–H groups in total. The van der Waals surface area contributed by atoms with Crippen molar-refractivity contribution in [2.45, 2.75) is 45.1 Å². The Morgan fingerprint density at radius 1 is 1.42 bits per heavy atom. The van der Waals surface area contributed by atoms with E-state index in [1.807, 2.05) is 32.0 Å². The zero-order chi connectivity index (χ0) is 18.5. The van der Waals surface area contributed by atoms with Crippen LogP contribution in [-0.4, -0.2) is 29.3 Å². The predicted molar refractivity (Wildman–Crippen MR) is 100 cm³/mol. The average molecular weight is 423 g/mol. The zero-order valence-electron chi connectivity index (χ0n) is 14.9. The minimum atomic E-state index is -0.184. The number of aromatic nitrogens is 2. The molecule has 26 heavy (non-hydrogen) atoms. The van der Waals surface area contributed by atoms with E-state index in [1.54, 1.807) is 0 Å². The van der Waals surface area contributed by atoms with Crippen molar-refractivity contribution in [3.05, 3.63) is 40.0 Å². The second kappa shape index (κ2) is 8.53. The van der Waals surface area contributed by atoms with Gasteiger partial charge in [-0.2, -0.15) is 4.98 Å². The molecule has 0 spiro atoms. The Balaban J connectivity index is 1.44. The fraction of sp³-hybridized carbons (Fsp3) is 0.500. The summed E-state index contributed by atoms with van der Waals surface area (Å²) in [6.45, 7) is 5.18. The smallest absolute Gasteiger partial charge is 0.315 e. The van der Waals surface area contributed by atoms with Gasteiger partial charge in [0.25, 0.3) is 0 Å². The molecule has 2 heterocycles. The van der Waals surface area contributed by atoms with Crippen LogP contribution in [0.3, 0.4) is 0 Å². The standard InChI is InChI=1S/C18H23BrN4O3/c1-11(2)17-22-16(26-23-17)4-3-8-20-18(24)21-14-7-9-25-15-6-5-12(19)10-13(14)15/h5-6,10-11,14H,3-4,7-9H2,1-2H3,(H2,20,21,24). The minimum Gasteiger partial charge on any atom is -0.493 e. The number of carbonyl (C=O) groups is 1. The fourth-order valence-electron chi connectivity index (χ4n) is 2.77. The Kier molecular flexibility index (Phi) is 6.13. The van der Waals surface area contributed by atoms with Gasteiger partial charge >= 0.3 is 6.03 Å². The Morgan fingerprint density at radius 3 is 3.04 bits per heavy atom. The van der Waals surface area contributed by atoms with E-state index in [0.717, 1.165) is 34.5 Å². The molecule has 1 aromatic carbocycles. The average Bonchev–Trinajstić information content (AvgIpc) is 3.08. The Morgan fingerprint density at radius 2 is 2.27 bits per heavy atom. The summed E-state index contributed by atoms with van der Waals surface area (Å²) in [5, 5.41) is 9.83. The SMILES string of the molecule is CC(C)c1noc(CCCNC(=O)NC2CCOc3ccc(Br)cc32)n1. The van der Waals surface area contributed by atoms with Gasteiger partial charge in [0.1, 0.15) is 5.75 Å². The van der Waals surface area contributed by atoms with Gasteiger partial charge in [0.15, 0.2) is 5.82 Å². The van der Waals surface area contributed by atoms with E-state index in [2.05, 4.69) is 36.7 Å². The summed E-state index contributed by atoms with van der Waals surface area (Å²) >= 11 is 3.46. The van der Waals surface area contributed by atoms with Crippen molar-refractivity contribution in [2.24, 2.45) is 0 Å². The summed E-state index contributed by atoms with van der Waals surface area (Å²) in [4.78, 5) is 16.5. The lowest BCUT2D eigenvalue weighted by Crippen LogP contribution is -2.40. The molecule has 0 saturated carbocycles. The van der Waals surface area contributed by atoms with E-state index in [1.165, 1.54) is 0 Å². The number of benzene rings is 1. The fourth-order valence-corrected chi connectivity index (χ4v) is 3.15. The molecule has 1 aliphatic rings. The summed E-state index contributed by atoms with van der Waals surface area (Å²) in [5.74, 6) is 2.40. The summed E-state index contributed by atoms with van der Waals surface area (Å²) < 4.78 is 11.8. The van der Waals surface area contributed by atoms with Crippen LogP contribution in [0.4, 0.5) is 4.79 Å². The summed E-state index contributed by atoms with van der Waals surface area (Å²) in [7, 11) is 0. The highest BCUT2D eigenvalue weighted by molar-refractivity contribution is 9.10. The van der Waals surface area contributed by atoms with E-state index in [0.29, 0.717) is 25.5 Å². The first-order valence-electron chi connectivity index (χ1n) is 8.82. The third kappa shape index (κ3) is 4.75. The molecule has 0 fully saturated rings. The maximum atomic E-state index is 12.2. The number of ether oxygens (including phenoxy) is 1. The quantitative estimate of drug-likeness (QED) is 0.692. The topological polar surface area (TPSA) is 89.3 Å². The normalized spacial score (nSPS) is 16.1. The van der Waals surface area contributed by atoms with Gasteiger partial charge in [0.05, 0.1) is 12.6 Å². The van der Waals surface area contributed by atoms with Crippen molar-refractivity contribution >= 4 is 22.0 Å². The predicted octanol–water partition coefficient (Wildman–Crippen LogP) is 3.71. The summed E-state index contributed by atoms with van der Waals surface area (Å²) in [6, 6.07) is 5.60. The minimum absolute atomic E-state index is 0.0548. The van der Waals surface area contributed by atoms with E-state index in [9.17, 15) is 4.79 Å². The maximum Gasteiger partial charge on any atom is 0.315 e. The van der Waals surface area contributed by atoms with E-state index >= 15 is 0 Å². The first kappa shape index (κ1) is 18.7. The number of fused-ring (bicyclic) bond motifs is 1. The molecule has 140 valence electrons. The first-order chi connectivity index (χ1) is 12.5. The number of nitrogens with zero attached hydrogens (tertiary/aromatic N) is 2. The number of hydrogen-bond acceptors (Lipinski definition) is 5. The van der Waals surface area contributed by atoms with Crippen LogP contribution in [0, 0.1) is 0 Å². The van der Waals surface area contributed by atoms with Gasteiger partial charge in [0.2, 0.25) is 5.89 Å². The van der Waals surface area contributed by atoms with Crippen LogP contribution < -0.4 is 15.4 Å². The van der Waals surface area contributed by atoms with Crippen LogP contribution in [0.1, 0.15) is 55.9 Å². The molecule has 0 radical (unpaired) electrons. The molecular formula is C18H23BrN4O3. The molecule has 0 saturated heterocycles. The molecule has 7 nitrogen and oxygen atoms in total. The van der Waals surface area contributed by atoms with Crippen molar-refractivity contribution < 1.29 is 14.1 Å². The van der Waals surface area contributed by atoms with Crippen molar-refractivity contribution in [3.8, 4) is 5.75 Å². The Labute approximate surface area is 161 Å². The molecule has 1 aromatic heterocycles. The highest BCUT2D eigenvalue weighted by Gasteiger charge is 2.23. The Bertz CT molecular complexity index is 763. The third-order valence-electron chi connectivity index (χ3n) is 4.17. The monoisotopic (exact) mass is 422 g/mol. The number of nitrogens with one attached hydrogen (secondary N) is 2. The molecule has 1 unspecified atom stereocenters. The van der Waals surface area contributed by atoms with E-state index in [-0.39, 0.29) is 18.0 Å². The molecule has 0 aliphatic carbocycles. The van der Waals surface area contributed by atoms with Crippen LogP contribution in [0.15, 0.2) is 27.2 Å². The second-order valence-electron chi connectivity index (χ2n) is 6.58. The number of rotatable bonds is 6. The van der Waals surface area contributed by atoms with Crippen LogP contribution >= 0.6 is 15.9 Å². The van der Waals surface area contributed by atoms with E-state index < -0.39 is 0 Å². The van der Waals surface area contributed by atoms with Crippen LogP contribution in [0.25, 0.3) is 0 Å². The van der Waals surface area contributed by atoms with Crippen LogP contribution in [-0.2, 0) is 6.42 Å². The van der Waals surface area contributed by atoms with Crippen molar-refractivity contribution in [3.63, 3.8) is 0 Å². The molecule has 3 rings (SSSR count). The van der Waals surface area contributed by atoms with Gasteiger partial charge < -0.3 is 19.9 Å². The van der Waals surface area contributed by atoms with E-state index in [4.69, 9.17) is 9.26 Å². The summed E-state index contributed by atoms with van der Waals surface area (Å²) in [5.41, 5.74) is 0.993. The van der Waals surface area contributed by atoms with Crippen molar-refractivity contribution in [1.29, 1.82) is 0 Å². The molecule has 1 aliphatic heterocycles. The Hall–Kier alpha value is -2.09.